The van der Waals surface area contributed by atoms with Crippen molar-refractivity contribution >= 4 is 11.8 Å². The lowest BCUT2D eigenvalue weighted by atomic mass is 9.72. The van der Waals surface area contributed by atoms with E-state index in [-0.39, 0.29) is 11.0 Å². The molecule has 3 heterocycles. The summed E-state index contributed by atoms with van der Waals surface area (Å²) < 4.78 is 0. The van der Waals surface area contributed by atoms with Gasteiger partial charge in [-0.2, -0.15) is 0 Å². The number of hydrogen-bond donors (Lipinski definition) is 0. The van der Waals surface area contributed by atoms with E-state index in [1.54, 1.807) is 0 Å². The molecule has 3 saturated heterocycles. The van der Waals surface area contributed by atoms with Crippen LogP contribution in [0.2, 0.25) is 0 Å². The average molecular weight is 362 g/mol. The Morgan fingerprint density at radius 2 is 1.42 bits per heavy atom. The van der Waals surface area contributed by atoms with Gasteiger partial charge in [-0.15, -0.1) is 0 Å². The van der Waals surface area contributed by atoms with Gasteiger partial charge in [-0.05, 0) is 69.9 Å². The lowest BCUT2D eigenvalue weighted by Crippen LogP contribution is -2.59. The second-order valence-electron chi connectivity index (χ2n) is 9.29. The molecule has 0 N–H and O–H groups in total. The van der Waals surface area contributed by atoms with Crippen LogP contribution in [0.4, 0.5) is 0 Å². The molecule has 0 bridgehead atoms. The summed E-state index contributed by atoms with van der Waals surface area (Å²) >= 11 is 0. The predicted molar refractivity (Wildman–Crippen MR) is 102 cm³/mol. The summed E-state index contributed by atoms with van der Waals surface area (Å²) in [6.45, 7) is 4.89. The van der Waals surface area contributed by atoms with E-state index in [0.717, 1.165) is 71.2 Å². The van der Waals surface area contributed by atoms with E-state index < -0.39 is 0 Å². The van der Waals surface area contributed by atoms with Gasteiger partial charge in [-0.3, -0.25) is 14.5 Å². The first kappa shape index (κ1) is 18.3. The zero-order valence-corrected chi connectivity index (χ0v) is 16.5. The molecule has 1 aliphatic carbocycles. The van der Waals surface area contributed by atoms with Crippen LogP contribution in [0.1, 0.15) is 70.6 Å². The van der Waals surface area contributed by atoms with Gasteiger partial charge in [-0.1, -0.05) is 12.8 Å². The molecule has 4 aliphatic rings. The van der Waals surface area contributed by atoms with Gasteiger partial charge in [0.05, 0.1) is 0 Å². The van der Waals surface area contributed by atoms with E-state index in [9.17, 15) is 9.59 Å². The number of likely N-dealkylation sites (tertiary alicyclic amines) is 3. The maximum absolute atomic E-state index is 13.6. The summed E-state index contributed by atoms with van der Waals surface area (Å²) in [5, 5.41) is 0. The van der Waals surface area contributed by atoms with Crippen LogP contribution in [0.5, 0.6) is 0 Å². The Morgan fingerprint density at radius 1 is 0.808 bits per heavy atom. The van der Waals surface area contributed by atoms with Gasteiger partial charge in [0.1, 0.15) is 5.54 Å². The summed E-state index contributed by atoms with van der Waals surface area (Å²) in [5.41, 5.74) is 0.105. The highest BCUT2D eigenvalue weighted by Crippen LogP contribution is 2.44. The molecule has 3 aliphatic heterocycles. The maximum atomic E-state index is 13.6. The van der Waals surface area contributed by atoms with Crippen molar-refractivity contribution < 1.29 is 9.59 Å². The molecule has 1 spiro atoms. The molecule has 2 amide bonds. The number of nitrogens with zero attached hydrogens (tertiary/aromatic N) is 3. The van der Waals surface area contributed by atoms with Crippen LogP contribution in [0.15, 0.2) is 0 Å². The molecule has 0 atom stereocenters. The quantitative estimate of drug-likeness (QED) is 0.759. The summed E-state index contributed by atoms with van der Waals surface area (Å²) in [6.07, 6.45) is 12.0. The highest BCUT2D eigenvalue weighted by molar-refractivity contribution is 5.87. The minimum Gasteiger partial charge on any atom is -0.346 e. The van der Waals surface area contributed by atoms with Gasteiger partial charge < -0.3 is 9.80 Å². The van der Waals surface area contributed by atoms with E-state index in [4.69, 9.17) is 0 Å². The fraction of sp³-hybridized carbons (Fsp3) is 0.905. The van der Waals surface area contributed by atoms with Gasteiger partial charge in [0.25, 0.3) is 0 Å². The Bertz CT molecular complexity index is 541. The van der Waals surface area contributed by atoms with E-state index in [0.29, 0.717) is 18.2 Å². The van der Waals surface area contributed by atoms with Crippen molar-refractivity contribution in [2.75, 3.05) is 39.8 Å². The van der Waals surface area contributed by atoms with Crippen LogP contribution in [0.3, 0.4) is 0 Å². The third kappa shape index (κ3) is 3.17. The molecule has 0 radical (unpaired) electrons. The van der Waals surface area contributed by atoms with Gasteiger partial charge in [0, 0.05) is 33.1 Å². The minimum absolute atomic E-state index is 0.180. The van der Waals surface area contributed by atoms with Crippen LogP contribution in [-0.2, 0) is 9.59 Å². The van der Waals surface area contributed by atoms with Crippen LogP contribution in [0, 0.1) is 5.41 Å². The van der Waals surface area contributed by atoms with Crippen molar-refractivity contribution in [2.24, 2.45) is 5.41 Å². The SMILES string of the molecule is CN1CCC2(CCC1=O)CCN(C(=O)C1(N3CCCC3)CCCC1)CC2. The van der Waals surface area contributed by atoms with E-state index in [1.165, 1.54) is 25.7 Å². The Balaban J connectivity index is 1.42. The van der Waals surface area contributed by atoms with Crippen LogP contribution >= 0.6 is 0 Å². The van der Waals surface area contributed by atoms with Crippen molar-refractivity contribution in [3.63, 3.8) is 0 Å². The van der Waals surface area contributed by atoms with Crippen molar-refractivity contribution in [2.45, 2.75) is 76.2 Å². The van der Waals surface area contributed by atoms with Crippen LogP contribution in [-0.4, -0.2) is 71.8 Å². The van der Waals surface area contributed by atoms with E-state index >= 15 is 0 Å². The number of carbonyl (C=O) groups is 2. The molecule has 146 valence electrons. The Hall–Kier alpha value is -1.10. The number of rotatable bonds is 2. The molecule has 5 heteroatoms. The molecular weight excluding hydrogens is 326 g/mol. The van der Waals surface area contributed by atoms with Crippen molar-refractivity contribution in [1.82, 2.24) is 14.7 Å². The molecule has 1 saturated carbocycles. The Kier molecular flexibility index (Phi) is 5.02. The van der Waals surface area contributed by atoms with Crippen LogP contribution < -0.4 is 0 Å². The standard InChI is InChI=1S/C21H35N3O2/c1-22-15-10-20(9-6-18(22)25)11-16-23(17-12-20)19(26)21(7-2-3-8-21)24-13-4-5-14-24/h2-17H2,1H3. The van der Waals surface area contributed by atoms with Crippen molar-refractivity contribution in [3.8, 4) is 0 Å². The zero-order valence-electron chi connectivity index (χ0n) is 16.5. The zero-order chi connectivity index (χ0) is 18.2. The average Bonchev–Trinajstić information content (AvgIpc) is 3.34. The maximum Gasteiger partial charge on any atom is 0.243 e. The highest BCUT2D eigenvalue weighted by Gasteiger charge is 2.50. The van der Waals surface area contributed by atoms with E-state index in [2.05, 4.69) is 9.80 Å². The molecule has 0 aromatic rings. The summed E-state index contributed by atoms with van der Waals surface area (Å²) in [4.78, 5) is 32.2. The van der Waals surface area contributed by atoms with Crippen LogP contribution in [0.25, 0.3) is 0 Å². The molecular formula is C21H35N3O2. The lowest BCUT2D eigenvalue weighted by molar-refractivity contribution is -0.146. The Labute approximate surface area is 158 Å². The molecule has 0 aromatic heterocycles. The lowest BCUT2D eigenvalue weighted by Gasteiger charge is -2.46. The molecule has 4 fully saturated rings. The van der Waals surface area contributed by atoms with Gasteiger partial charge in [0.15, 0.2) is 0 Å². The van der Waals surface area contributed by atoms with Crippen molar-refractivity contribution in [1.29, 1.82) is 0 Å². The second-order valence-corrected chi connectivity index (χ2v) is 9.29. The van der Waals surface area contributed by atoms with E-state index in [1.807, 2.05) is 11.9 Å². The second kappa shape index (κ2) is 7.14. The van der Waals surface area contributed by atoms with Crippen molar-refractivity contribution in [3.05, 3.63) is 0 Å². The first-order chi connectivity index (χ1) is 12.5. The molecule has 5 nitrogen and oxygen atoms in total. The van der Waals surface area contributed by atoms with Gasteiger partial charge >= 0.3 is 0 Å². The first-order valence-electron chi connectivity index (χ1n) is 10.8. The number of hydrogen-bond acceptors (Lipinski definition) is 3. The monoisotopic (exact) mass is 361 g/mol. The first-order valence-corrected chi connectivity index (χ1v) is 10.8. The predicted octanol–water partition coefficient (Wildman–Crippen LogP) is 2.65. The molecule has 0 unspecified atom stereocenters. The summed E-state index contributed by atoms with van der Waals surface area (Å²) in [6, 6.07) is 0. The molecule has 26 heavy (non-hydrogen) atoms. The summed E-state index contributed by atoms with van der Waals surface area (Å²) in [5.74, 6) is 0.716. The topological polar surface area (TPSA) is 43.9 Å². The fourth-order valence-corrected chi connectivity index (χ4v) is 5.97. The van der Waals surface area contributed by atoms with Gasteiger partial charge in [-0.25, -0.2) is 0 Å². The minimum atomic E-state index is -0.180. The third-order valence-electron chi connectivity index (χ3n) is 7.92. The highest BCUT2D eigenvalue weighted by atomic mass is 16.2. The third-order valence-corrected chi connectivity index (χ3v) is 7.92. The number of amides is 2. The number of piperidine rings is 1. The molecule has 4 rings (SSSR count). The Morgan fingerprint density at radius 3 is 2.08 bits per heavy atom. The normalized spacial score (nSPS) is 29.3. The van der Waals surface area contributed by atoms with Gasteiger partial charge in [0.2, 0.25) is 11.8 Å². The summed E-state index contributed by atoms with van der Waals surface area (Å²) in [7, 11) is 1.93. The fourth-order valence-electron chi connectivity index (χ4n) is 5.97. The molecule has 0 aromatic carbocycles. The number of carbonyl (C=O) groups excluding carboxylic acids is 2. The smallest absolute Gasteiger partial charge is 0.243 e. The largest absolute Gasteiger partial charge is 0.346 e.